The average molecular weight is 157 g/mol. The normalized spacial score (nSPS) is 14.0. The lowest BCUT2D eigenvalue weighted by atomic mass is 10.1. The fourth-order valence-corrected chi connectivity index (χ4v) is 0.325. The van der Waals surface area contributed by atoms with E-state index in [2.05, 4.69) is 36.5 Å². The summed E-state index contributed by atoms with van der Waals surface area (Å²) in [6, 6.07) is 0. The standard InChI is InChI=1S/C8H19N3/c1-7(2,3)9-11-10-8(4,5)6/h1-6H3,(H,9,10). The van der Waals surface area contributed by atoms with E-state index in [4.69, 9.17) is 0 Å². The number of hydrogen-bond donors (Lipinski definition) is 1. The van der Waals surface area contributed by atoms with Crippen LogP contribution in [0, 0.1) is 0 Å². The lowest BCUT2D eigenvalue weighted by Gasteiger charge is -2.17. The summed E-state index contributed by atoms with van der Waals surface area (Å²) in [7, 11) is 0. The Morgan fingerprint density at radius 3 is 1.64 bits per heavy atom. The molecular weight excluding hydrogens is 138 g/mol. The largest absolute Gasteiger partial charge is 0.287 e. The Kier molecular flexibility index (Phi) is 3.02. The van der Waals surface area contributed by atoms with Gasteiger partial charge in [0.05, 0.1) is 5.54 Å². The van der Waals surface area contributed by atoms with Crippen molar-refractivity contribution >= 4 is 0 Å². The molecule has 0 aromatic heterocycles. The molecule has 0 fully saturated rings. The topological polar surface area (TPSA) is 36.8 Å². The molecule has 0 atom stereocenters. The quantitative estimate of drug-likeness (QED) is 0.461. The van der Waals surface area contributed by atoms with Crippen LogP contribution in [0.4, 0.5) is 0 Å². The summed E-state index contributed by atoms with van der Waals surface area (Å²) in [5, 5.41) is 7.94. The van der Waals surface area contributed by atoms with Crippen LogP contribution in [0.2, 0.25) is 0 Å². The van der Waals surface area contributed by atoms with Crippen LogP contribution in [0.1, 0.15) is 41.5 Å². The molecule has 0 heterocycles. The molecule has 3 nitrogen and oxygen atoms in total. The molecule has 0 unspecified atom stereocenters. The molecule has 0 rings (SSSR count). The maximum absolute atomic E-state index is 4.06. The fourth-order valence-electron chi connectivity index (χ4n) is 0.325. The fraction of sp³-hybridized carbons (Fsp3) is 1.00. The second-order valence-electron chi connectivity index (χ2n) is 4.73. The van der Waals surface area contributed by atoms with Gasteiger partial charge < -0.3 is 0 Å². The summed E-state index contributed by atoms with van der Waals surface area (Å²) in [5.41, 5.74) is 2.86. The van der Waals surface area contributed by atoms with Gasteiger partial charge in [0.25, 0.3) is 0 Å². The van der Waals surface area contributed by atoms with E-state index in [0.717, 1.165) is 0 Å². The van der Waals surface area contributed by atoms with E-state index in [9.17, 15) is 0 Å². The van der Waals surface area contributed by atoms with Crippen LogP contribution in [0.15, 0.2) is 10.3 Å². The molecule has 0 bridgehead atoms. The third kappa shape index (κ3) is 9.40. The van der Waals surface area contributed by atoms with Crippen LogP contribution in [0.5, 0.6) is 0 Å². The molecule has 11 heavy (non-hydrogen) atoms. The van der Waals surface area contributed by atoms with Crippen LogP contribution in [-0.2, 0) is 0 Å². The minimum absolute atomic E-state index is 0.00868. The van der Waals surface area contributed by atoms with Crippen LogP contribution < -0.4 is 5.43 Å². The Hall–Kier alpha value is -0.600. The predicted octanol–water partition coefficient (Wildman–Crippen LogP) is 2.54. The number of nitrogens with zero attached hydrogens (tertiary/aromatic N) is 2. The second kappa shape index (κ2) is 3.20. The predicted molar refractivity (Wildman–Crippen MR) is 47.5 cm³/mol. The van der Waals surface area contributed by atoms with Crippen LogP contribution in [-0.4, -0.2) is 11.1 Å². The Bertz CT molecular complexity index is 136. The molecule has 0 aromatic rings. The molecule has 0 saturated heterocycles. The summed E-state index contributed by atoms with van der Waals surface area (Å²) in [5.74, 6) is 0. The zero-order chi connectivity index (χ0) is 9.12. The Morgan fingerprint density at radius 2 is 1.36 bits per heavy atom. The van der Waals surface area contributed by atoms with Crippen molar-refractivity contribution in [2.24, 2.45) is 10.3 Å². The van der Waals surface area contributed by atoms with E-state index in [1.807, 2.05) is 20.8 Å². The maximum Gasteiger partial charge on any atom is 0.0753 e. The zero-order valence-corrected chi connectivity index (χ0v) is 8.39. The maximum atomic E-state index is 4.06. The van der Waals surface area contributed by atoms with E-state index in [0.29, 0.717) is 0 Å². The van der Waals surface area contributed by atoms with Crippen molar-refractivity contribution < 1.29 is 0 Å². The van der Waals surface area contributed by atoms with Crippen molar-refractivity contribution in [2.75, 3.05) is 0 Å². The minimum atomic E-state index is -0.0851. The van der Waals surface area contributed by atoms with Gasteiger partial charge in [0.2, 0.25) is 0 Å². The zero-order valence-electron chi connectivity index (χ0n) is 8.39. The molecule has 0 aromatic carbocycles. The molecule has 0 aliphatic heterocycles. The van der Waals surface area contributed by atoms with Gasteiger partial charge in [0.1, 0.15) is 0 Å². The first-order valence-electron chi connectivity index (χ1n) is 3.90. The van der Waals surface area contributed by atoms with E-state index in [1.54, 1.807) is 0 Å². The molecule has 3 heteroatoms. The van der Waals surface area contributed by atoms with Crippen LogP contribution >= 0.6 is 0 Å². The van der Waals surface area contributed by atoms with E-state index in [1.165, 1.54) is 0 Å². The van der Waals surface area contributed by atoms with Gasteiger partial charge in [0.15, 0.2) is 0 Å². The van der Waals surface area contributed by atoms with Crippen molar-refractivity contribution in [1.82, 2.24) is 5.43 Å². The molecule has 0 saturated carbocycles. The van der Waals surface area contributed by atoms with Gasteiger partial charge in [-0.3, -0.25) is 5.43 Å². The molecule has 66 valence electrons. The van der Waals surface area contributed by atoms with Gasteiger partial charge in [-0.2, -0.15) is 5.11 Å². The molecule has 1 N–H and O–H groups in total. The highest BCUT2D eigenvalue weighted by atomic mass is 15.4. The first kappa shape index (κ1) is 10.4. The van der Waals surface area contributed by atoms with Gasteiger partial charge in [0, 0.05) is 5.54 Å². The number of hydrogen-bond acceptors (Lipinski definition) is 2. The minimum Gasteiger partial charge on any atom is -0.287 e. The Morgan fingerprint density at radius 1 is 0.909 bits per heavy atom. The lowest BCUT2D eigenvalue weighted by molar-refractivity contribution is 0.400. The second-order valence-corrected chi connectivity index (χ2v) is 4.73. The van der Waals surface area contributed by atoms with Crippen molar-refractivity contribution in [3.8, 4) is 0 Å². The van der Waals surface area contributed by atoms with Gasteiger partial charge in [-0.1, -0.05) is 5.22 Å². The summed E-state index contributed by atoms with van der Waals surface area (Å²) < 4.78 is 0. The van der Waals surface area contributed by atoms with Crippen molar-refractivity contribution in [3.63, 3.8) is 0 Å². The monoisotopic (exact) mass is 157 g/mol. The van der Waals surface area contributed by atoms with Crippen LogP contribution in [0.3, 0.4) is 0 Å². The van der Waals surface area contributed by atoms with Gasteiger partial charge in [-0.05, 0) is 41.5 Å². The van der Waals surface area contributed by atoms with Gasteiger partial charge in [-0.15, -0.1) is 0 Å². The molecule has 0 aliphatic rings. The third-order valence-corrected chi connectivity index (χ3v) is 0.735. The molecule has 0 spiro atoms. The molecule has 0 aliphatic carbocycles. The first-order chi connectivity index (χ1) is 4.71. The SMILES string of the molecule is CC(C)(C)N=NNC(C)(C)C. The molecule has 0 radical (unpaired) electrons. The number of nitrogens with one attached hydrogen (secondary N) is 1. The molecule has 0 amide bonds. The van der Waals surface area contributed by atoms with E-state index >= 15 is 0 Å². The highest BCUT2D eigenvalue weighted by Gasteiger charge is 2.09. The van der Waals surface area contributed by atoms with Gasteiger partial charge in [-0.25, -0.2) is 0 Å². The van der Waals surface area contributed by atoms with E-state index < -0.39 is 0 Å². The Balaban J connectivity index is 3.80. The summed E-state index contributed by atoms with van der Waals surface area (Å²) in [6.07, 6.45) is 0. The Labute approximate surface area is 69.3 Å². The van der Waals surface area contributed by atoms with Crippen molar-refractivity contribution in [3.05, 3.63) is 0 Å². The summed E-state index contributed by atoms with van der Waals surface area (Å²) in [6.45, 7) is 12.2. The lowest BCUT2D eigenvalue weighted by Crippen LogP contribution is -2.31. The highest BCUT2D eigenvalue weighted by Crippen LogP contribution is 2.07. The van der Waals surface area contributed by atoms with Crippen LogP contribution in [0.25, 0.3) is 0 Å². The summed E-state index contributed by atoms with van der Waals surface area (Å²) >= 11 is 0. The first-order valence-corrected chi connectivity index (χ1v) is 3.90. The van der Waals surface area contributed by atoms with E-state index in [-0.39, 0.29) is 11.1 Å². The van der Waals surface area contributed by atoms with Gasteiger partial charge >= 0.3 is 0 Å². The summed E-state index contributed by atoms with van der Waals surface area (Å²) in [4.78, 5) is 0. The average Bonchev–Trinajstić information content (AvgIpc) is 1.55. The smallest absolute Gasteiger partial charge is 0.0753 e. The van der Waals surface area contributed by atoms with Crippen molar-refractivity contribution in [2.45, 2.75) is 52.6 Å². The third-order valence-electron chi connectivity index (χ3n) is 0.735. The molecular formula is C8H19N3. The van der Waals surface area contributed by atoms with Crippen molar-refractivity contribution in [1.29, 1.82) is 0 Å². The number of rotatable bonds is 1. The highest BCUT2D eigenvalue weighted by molar-refractivity contribution is 4.69.